The van der Waals surface area contributed by atoms with E-state index in [-0.39, 0.29) is 5.04 Å². The van der Waals surface area contributed by atoms with Crippen molar-refractivity contribution in [3.05, 3.63) is 107 Å². The molecule has 0 amide bonds. The maximum absolute atomic E-state index is 12.6. The molecule has 6 nitrogen and oxygen atoms in total. The van der Waals surface area contributed by atoms with Crippen LogP contribution in [0.5, 0.6) is 0 Å². The van der Waals surface area contributed by atoms with Gasteiger partial charge in [0.15, 0.2) is 0 Å². The standard InChI is InChI=1S/C27H23ClN4O2S/c1-3-19-9-11-20(12-10-19)24-17-18-27(31(29-24)22-7-5-4-6-8-22)32(23-15-13-21(28)14-16-23)30-25(35-27)26(33)34-2/h4-18H,3H2,1-2H3. The molecule has 35 heavy (non-hydrogen) atoms. The smallest absolute Gasteiger partial charge is 0.365 e. The predicted octanol–water partition coefficient (Wildman–Crippen LogP) is 6.08. The maximum atomic E-state index is 12.6. The number of hydrazone groups is 2. The van der Waals surface area contributed by atoms with Gasteiger partial charge in [0.05, 0.1) is 24.2 Å². The second-order valence-corrected chi connectivity index (χ2v) is 9.59. The van der Waals surface area contributed by atoms with E-state index in [4.69, 9.17) is 21.4 Å². The molecule has 0 aliphatic carbocycles. The lowest BCUT2D eigenvalue weighted by atomic mass is 10.0. The molecule has 3 aromatic rings. The van der Waals surface area contributed by atoms with Crippen LogP contribution in [-0.2, 0) is 16.0 Å². The molecule has 176 valence electrons. The normalized spacial score (nSPS) is 19.1. The molecule has 3 aromatic carbocycles. The van der Waals surface area contributed by atoms with Crippen molar-refractivity contribution >= 4 is 51.5 Å². The number of methoxy groups -OCH3 is 1. The van der Waals surface area contributed by atoms with Gasteiger partial charge in [-0.3, -0.25) is 0 Å². The lowest BCUT2D eigenvalue weighted by Gasteiger charge is -2.43. The number of para-hydroxylation sites is 1. The number of esters is 1. The van der Waals surface area contributed by atoms with Crippen LogP contribution in [0.1, 0.15) is 18.1 Å². The fourth-order valence-electron chi connectivity index (χ4n) is 3.95. The molecule has 1 unspecified atom stereocenters. The van der Waals surface area contributed by atoms with E-state index in [9.17, 15) is 4.79 Å². The van der Waals surface area contributed by atoms with E-state index in [1.165, 1.54) is 24.4 Å². The quantitative estimate of drug-likeness (QED) is 0.396. The highest BCUT2D eigenvalue weighted by Crippen LogP contribution is 2.48. The lowest BCUT2D eigenvalue weighted by Crippen LogP contribution is -2.53. The summed E-state index contributed by atoms with van der Waals surface area (Å²) in [6.07, 6.45) is 4.98. The minimum atomic E-state index is -0.967. The van der Waals surface area contributed by atoms with Gasteiger partial charge >= 0.3 is 5.97 Å². The van der Waals surface area contributed by atoms with Gasteiger partial charge in [-0.15, -0.1) is 0 Å². The molecule has 0 N–H and O–H groups in total. The average molecular weight is 503 g/mol. The zero-order valence-electron chi connectivity index (χ0n) is 19.3. The molecule has 2 aliphatic rings. The molecule has 8 heteroatoms. The number of ether oxygens (including phenoxy) is 1. The van der Waals surface area contributed by atoms with Crippen molar-refractivity contribution in [3.63, 3.8) is 0 Å². The van der Waals surface area contributed by atoms with E-state index in [1.807, 2.05) is 59.6 Å². The van der Waals surface area contributed by atoms with E-state index in [2.05, 4.69) is 36.3 Å². The number of halogens is 1. The Morgan fingerprint density at radius 2 is 1.60 bits per heavy atom. The average Bonchev–Trinajstić information content (AvgIpc) is 3.29. The SMILES string of the molecule is CCc1ccc(C2=NN(c3ccccc3)C3(C=C2)SC(C(=O)OC)=NN3c2ccc(Cl)cc2)cc1. The summed E-state index contributed by atoms with van der Waals surface area (Å²) >= 11 is 7.43. The summed E-state index contributed by atoms with van der Waals surface area (Å²) in [5.41, 5.74) is 4.70. The Labute approximate surface area is 213 Å². The third-order valence-electron chi connectivity index (χ3n) is 5.80. The monoisotopic (exact) mass is 502 g/mol. The summed E-state index contributed by atoms with van der Waals surface area (Å²) in [7, 11) is 1.35. The van der Waals surface area contributed by atoms with Crippen molar-refractivity contribution in [2.75, 3.05) is 17.1 Å². The summed E-state index contributed by atoms with van der Waals surface area (Å²) in [6, 6.07) is 25.6. The molecule has 0 bridgehead atoms. The van der Waals surface area contributed by atoms with Crippen molar-refractivity contribution < 1.29 is 9.53 Å². The Hall–Kier alpha value is -3.55. The molecule has 0 fully saturated rings. The van der Waals surface area contributed by atoms with E-state index >= 15 is 0 Å². The second-order valence-electron chi connectivity index (χ2n) is 7.96. The number of allylic oxidation sites excluding steroid dienone is 1. The van der Waals surface area contributed by atoms with Gasteiger partial charge < -0.3 is 4.74 Å². The van der Waals surface area contributed by atoms with Crippen molar-refractivity contribution in [1.29, 1.82) is 0 Å². The van der Waals surface area contributed by atoms with E-state index < -0.39 is 11.0 Å². The van der Waals surface area contributed by atoms with Crippen molar-refractivity contribution in [2.45, 2.75) is 18.3 Å². The van der Waals surface area contributed by atoms with Crippen LogP contribution in [0.3, 0.4) is 0 Å². The van der Waals surface area contributed by atoms with Gasteiger partial charge in [-0.25, -0.2) is 14.8 Å². The highest BCUT2D eigenvalue weighted by molar-refractivity contribution is 8.17. The minimum absolute atomic E-state index is 0.235. The molecule has 2 aliphatic heterocycles. The zero-order chi connectivity index (χ0) is 24.4. The summed E-state index contributed by atoms with van der Waals surface area (Å²) < 4.78 is 5.01. The molecule has 0 radical (unpaired) electrons. The van der Waals surface area contributed by atoms with Crippen molar-refractivity contribution in [1.82, 2.24) is 0 Å². The number of benzene rings is 3. The Morgan fingerprint density at radius 3 is 2.26 bits per heavy atom. The Bertz CT molecular complexity index is 1320. The number of carbonyl (C=O) groups is 1. The number of nitrogens with zero attached hydrogens (tertiary/aromatic N) is 4. The first kappa shape index (κ1) is 23.2. The van der Waals surface area contributed by atoms with Gasteiger partial charge in [-0.1, -0.05) is 61.0 Å². The predicted molar refractivity (Wildman–Crippen MR) is 144 cm³/mol. The molecular weight excluding hydrogens is 480 g/mol. The number of anilines is 2. The molecule has 2 heterocycles. The summed E-state index contributed by atoms with van der Waals surface area (Å²) in [6.45, 7) is 2.13. The van der Waals surface area contributed by atoms with Crippen LogP contribution in [0, 0.1) is 0 Å². The first-order valence-corrected chi connectivity index (χ1v) is 12.4. The largest absolute Gasteiger partial charge is 0.464 e. The minimum Gasteiger partial charge on any atom is -0.464 e. The van der Waals surface area contributed by atoms with Crippen LogP contribution in [0.25, 0.3) is 0 Å². The molecule has 0 saturated heterocycles. The summed E-state index contributed by atoms with van der Waals surface area (Å²) in [5, 5.41) is 14.3. The maximum Gasteiger partial charge on any atom is 0.365 e. The molecule has 5 rings (SSSR count). The van der Waals surface area contributed by atoms with Crippen molar-refractivity contribution in [3.8, 4) is 0 Å². The molecular formula is C27H23ClN4O2S. The van der Waals surface area contributed by atoms with Crippen LogP contribution in [0.4, 0.5) is 11.4 Å². The van der Waals surface area contributed by atoms with Crippen LogP contribution in [0.2, 0.25) is 5.02 Å². The first-order valence-electron chi connectivity index (χ1n) is 11.2. The van der Waals surface area contributed by atoms with Crippen molar-refractivity contribution in [2.24, 2.45) is 10.2 Å². The highest BCUT2D eigenvalue weighted by atomic mass is 35.5. The molecule has 1 spiro atoms. The van der Waals surface area contributed by atoms with Gasteiger partial charge in [-0.05, 0) is 72.3 Å². The highest BCUT2D eigenvalue weighted by Gasteiger charge is 2.51. The van der Waals surface area contributed by atoms with Gasteiger partial charge in [0.2, 0.25) is 10.0 Å². The van der Waals surface area contributed by atoms with Crippen LogP contribution < -0.4 is 10.0 Å². The van der Waals surface area contributed by atoms with Crippen LogP contribution >= 0.6 is 23.4 Å². The fraction of sp³-hybridized carbons (Fsp3) is 0.148. The van der Waals surface area contributed by atoms with Crippen LogP contribution in [0.15, 0.2) is 101 Å². The van der Waals surface area contributed by atoms with Crippen LogP contribution in [-0.4, -0.2) is 28.8 Å². The van der Waals surface area contributed by atoms with E-state index in [0.717, 1.165) is 29.1 Å². The number of rotatable bonds is 5. The third-order valence-corrected chi connectivity index (χ3v) is 7.28. The zero-order valence-corrected chi connectivity index (χ0v) is 20.8. The summed E-state index contributed by atoms with van der Waals surface area (Å²) in [5.74, 6) is -0.503. The topological polar surface area (TPSA) is 57.5 Å². The molecule has 0 saturated carbocycles. The fourth-order valence-corrected chi connectivity index (χ4v) is 5.25. The van der Waals surface area contributed by atoms with E-state index in [1.54, 1.807) is 17.1 Å². The summed E-state index contributed by atoms with van der Waals surface area (Å²) in [4.78, 5) is 11.6. The van der Waals surface area contributed by atoms with Gasteiger partial charge in [0, 0.05) is 10.6 Å². The number of aryl methyl sites for hydroxylation is 1. The Morgan fingerprint density at radius 1 is 0.943 bits per heavy atom. The Balaban J connectivity index is 1.65. The number of hydrogen-bond acceptors (Lipinski definition) is 7. The number of carbonyl (C=O) groups excluding carboxylic acids is 1. The third kappa shape index (κ3) is 4.33. The van der Waals surface area contributed by atoms with Gasteiger partial charge in [-0.2, -0.15) is 10.2 Å². The molecule has 0 aromatic heterocycles. The van der Waals surface area contributed by atoms with Gasteiger partial charge in [0.25, 0.3) is 0 Å². The van der Waals surface area contributed by atoms with E-state index in [0.29, 0.717) is 5.02 Å². The second kappa shape index (κ2) is 9.60. The lowest BCUT2D eigenvalue weighted by molar-refractivity contribution is -0.132. The number of thioether (sulfide) groups is 1. The number of hydrogen-bond donors (Lipinski definition) is 0. The molecule has 1 atom stereocenters. The first-order chi connectivity index (χ1) is 17.0. The van der Waals surface area contributed by atoms with Gasteiger partial charge in [0.1, 0.15) is 0 Å². The Kier molecular flexibility index (Phi) is 6.36.